The molecule has 0 saturated carbocycles. The zero-order valence-corrected chi connectivity index (χ0v) is 24.4. The summed E-state index contributed by atoms with van der Waals surface area (Å²) < 4.78 is 0.545. The van der Waals surface area contributed by atoms with E-state index in [2.05, 4.69) is 122 Å². The average Bonchev–Trinajstić information content (AvgIpc) is 3.73. The molecule has 0 amide bonds. The van der Waals surface area contributed by atoms with Crippen LogP contribution >= 0.6 is 22.7 Å². The van der Waals surface area contributed by atoms with Crippen LogP contribution in [0.3, 0.4) is 0 Å². The summed E-state index contributed by atoms with van der Waals surface area (Å²) in [5.41, 5.74) is 9.80. The average molecular weight is 570 g/mol. The third kappa shape index (κ3) is 4.53. The molecule has 6 aromatic rings. The number of nitrogens with zero attached hydrogens (tertiary/aromatic N) is 1. The van der Waals surface area contributed by atoms with E-state index >= 15 is 0 Å². The second-order valence-electron chi connectivity index (χ2n) is 10.9. The summed E-state index contributed by atoms with van der Waals surface area (Å²) in [6.45, 7) is 4.63. The molecule has 3 nitrogen and oxygen atoms in total. The first kappa shape index (κ1) is 26.0. The van der Waals surface area contributed by atoms with E-state index in [-0.39, 0.29) is 5.41 Å². The lowest BCUT2D eigenvalue weighted by Crippen LogP contribution is -2.26. The molecule has 1 aliphatic carbocycles. The molecule has 7 rings (SSSR count). The van der Waals surface area contributed by atoms with Crippen molar-refractivity contribution >= 4 is 50.9 Å². The molecule has 0 atom stereocenters. The van der Waals surface area contributed by atoms with Gasteiger partial charge in [-0.05, 0) is 75.8 Å². The summed E-state index contributed by atoms with van der Waals surface area (Å²) in [6, 6.07) is 42.8. The van der Waals surface area contributed by atoms with Crippen molar-refractivity contribution in [3.63, 3.8) is 0 Å². The number of benzene rings is 4. The Morgan fingerprint density at radius 1 is 0.585 bits per heavy atom. The predicted octanol–water partition coefficient (Wildman–Crippen LogP) is 8.60. The SMILES string of the molecule is CC1(C)c2ccccc2-c2ccc(N(c3ccc(-c4ccccc4)cc3)c3ccc(-c4ccc(B(O)O)s4)s3)cc21. The van der Waals surface area contributed by atoms with E-state index in [0.29, 0.717) is 4.78 Å². The number of hydrogen-bond donors (Lipinski definition) is 2. The first-order chi connectivity index (χ1) is 19.9. The van der Waals surface area contributed by atoms with E-state index in [1.54, 1.807) is 17.4 Å². The molecule has 0 spiro atoms. The first-order valence-corrected chi connectivity index (χ1v) is 15.3. The molecule has 2 aromatic heterocycles. The van der Waals surface area contributed by atoms with Gasteiger partial charge in [-0.25, -0.2) is 0 Å². The van der Waals surface area contributed by atoms with Crippen LogP contribution in [0, 0.1) is 0 Å². The number of anilines is 3. The quantitative estimate of drug-likeness (QED) is 0.198. The van der Waals surface area contributed by atoms with Gasteiger partial charge in [0.25, 0.3) is 0 Å². The summed E-state index contributed by atoms with van der Waals surface area (Å²) in [6.07, 6.45) is 0. The molecule has 2 heterocycles. The van der Waals surface area contributed by atoms with Crippen molar-refractivity contribution in [1.29, 1.82) is 0 Å². The second kappa shape index (κ2) is 10.2. The van der Waals surface area contributed by atoms with Gasteiger partial charge in [0.15, 0.2) is 0 Å². The van der Waals surface area contributed by atoms with Gasteiger partial charge in [-0.1, -0.05) is 92.7 Å². The van der Waals surface area contributed by atoms with Gasteiger partial charge in [-0.3, -0.25) is 0 Å². The van der Waals surface area contributed by atoms with Crippen LogP contribution in [-0.4, -0.2) is 17.2 Å². The Kier molecular flexibility index (Phi) is 6.44. The number of thiophene rings is 2. The Balaban J connectivity index is 1.34. The second-order valence-corrected chi connectivity index (χ2v) is 13.0. The summed E-state index contributed by atoms with van der Waals surface area (Å²) >= 11 is 3.11. The highest BCUT2D eigenvalue weighted by Crippen LogP contribution is 2.51. The third-order valence-corrected chi connectivity index (χ3v) is 10.4. The van der Waals surface area contributed by atoms with Crippen LogP contribution < -0.4 is 9.68 Å². The van der Waals surface area contributed by atoms with E-state index in [4.69, 9.17) is 0 Å². The normalized spacial score (nSPS) is 13.1. The van der Waals surface area contributed by atoms with Gasteiger partial charge in [0.05, 0.1) is 0 Å². The summed E-state index contributed by atoms with van der Waals surface area (Å²) in [5.74, 6) is 0. The Labute approximate surface area is 248 Å². The monoisotopic (exact) mass is 569 g/mol. The summed E-state index contributed by atoms with van der Waals surface area (Å²) in [5, 5.41) is 20.3. The van der Waals surface area contributed by atoms with Gasteiger partial charge >= 0.3 is 7.12 Å². The minimum atomic E-state index is -1.45. The maximum Gasteiger partial charge on any atom is 0.499 e. The number of rotatable bonds is 6. The fraction of sp³-hybridized carbons (Fsp3) is 0.0857. The van der Waals surface area contributed by atoms with Gasteiger partial charge < -0.3 is 14.9 Å². The van der Waals surface area contributed by atoms with Gasteiger partial charge in [0.1, 0.15) is 5.00 Å². The fourth-order valence-electron chi connectivity index (χ4n) is 5.87. The fourth-order valence-corrected chi connectivity index (χ4v) is 7.89. The lowest BCUT2D eigenvalue weighted by molar-refractivity contribution is 0.427. The minimum Gasteiger partial charge on any atom is -0.423 e. The van der Waals surface area contributed by atoms with Crippen LogP contribution in [0.4, 0.5) is 16.4 Å². The maximum absolute atomic E-state index is 9.62. The molecule has 0 fully saturated rings. The van der Waals surface area contributed by atoms with Crippen molar-refractivity contribution in [2.24, 2.45) is 0 Å². The van der Waals surface area contributed by atoms with Crippen molar-refractivity contribution in [3.05, 3.63) is 132 Å². The van der Waals surface area contributed by atoms with Gasteiger partial charge in [0, 0.05) is 31.3 Å². The van der Waals surface area contributed by atoms with Crippen molar-refractivity contribution < 1.29 is 10.0 Å². The highest BCUT2D eigenvalue weighted by molar-refractivity contribution is 7.28. The van der Waals surface area contributed by atoms with Crippen LogP contribution in [0.5, 0.6) is 0 Å². The molecule has 0 radical (unpaired) electrons. The Morgan fingerprint density at radius 2 is 1.22 bits per heavy atom. The third-order valence-electron chi connectivity index (χ3n) is 7.99. The Morgan fingerprint density at radius 3 is 1.98 bits per heavy atom. The molecular formula is C35H28BNO2S2. The van der Waals surface area contributed by atoms with Crippen molar-refractivity contribution in [2.75, 3.05) is 4.90 Å². The molecule has 6 heteroatoms. The van der Waals surface area contributed by atoms with Gasteiger partial charge in [0.2, 0.25) is 0 Å². The molecule has 0 unspecified atom stereocenters. The van der Waals surface area contributed by atoms with Crippen molar-refractivity contribution in [2.45, 2.75) is 19.3 Å². The highest BCUT2D eigenvalue weighted by atomic mass is 32.1. The predicted molar refractivity (Wildman–Crippen MR) is 175 cm³/mol. The molecule has 4 aromatic carbocycles. The van der Waals surface area contributed by atoms with Gasteiger partial charge in [-0.15, -0.1) is 22.7 Å². The maximum atomic E-state index is 9.62. The van der Waals surface area contributed by atoms with E-state index < -0.39 is 7.12 Å². The zero-order valence-electron chi connectivity index (χ0n) is 22.8. The van der Waals surface area contributed by atoms with E-state index in [1.165, 1.54) is 44.7 Å². The molecule has 200 valence electrons. The topological polar surface area (TPSA) is 43.7 Å². The van der Waals surface area contributed by atoms with Crippen LogP contribution in [0.15, 0.2) is 121 Å². The Hall–Kier alpha value is -3.94. The standard InChI is InChI=1S/C35H28BNO2S2/c1-35(2)29-11-7-6-10-27(29)28-17-16-26(22-30(28)35)37(25-14-12-24(13-15-25)23-8-4-3-5-9-23)34-21-19-32(41-34)31-18-20-33(40-31)36(38)39/h3-22,38-39H,1-2H3. The summed E-state index contributed by atoms with van der Waals surface area (Å²) in [4.78, 5) is 4.45. The van der Waals surface area contributed by atoms with Crippen molar-refractivity contribution in [1.82, 2.24) is 0 Å². The number of fused-ring (bicyclic) bond motifs is 3. The summed E-state index contributed by atoms with van der Waals surface area (Å²) in [7, 11) is -1.45. The lowest BCUT2D eigenvalue weighted by Gasteiger charge is -2.27. The van der Waals surface area contributed by atoms with E-state index in [0.717, 1.165) is 26.1 Å². The number of hydrogen-bond acceptors (Lipinski definition) is 5. The Bertz CT molecular complexity index is 1860. The molecule has 2 N–H and O–H groups in total. The zero-order chi connectivity index (χ0) is 28.1. The lowest BCUT2D eigenvalue weighted by atomic mass is 9.82. The van der Waals surface area contributed by atoms with Crippen LogP contribution in [0.2, 0.25) is 0 Å². The highest BCUT2D eigenvalue weighted by Gasteiger charge is 2.35. The molecular weight excluding hydrogens is 541 g/mol. The van der Waals surface area contributed by atoms with Gasteiger partial charge in [-0.2, -0.15) is 0 Å². The smallest absolute Gasteiger partial charge is 0.423 e. The minimum absolute atomic E-state index is 0.0934. The molecule has 1 aliphatic rings. The molecule has 0 bridgehead atoms. The van der Waals surface area contributed by atoms with Crippen LogP contribution in [0.1, 0.15) is 25.0 Å². The molecule has 0 aliphatic heterocycles. The largest absolute Gasteiger partial charge is 0.499 e. The van der Waals surface area contributed by atoms with E-state index in [9.17, 15) is 10.0 Å². The van der Waals surface area contributed by atoms with Crippen LogP contribution in [-0.2, 0) is 5.41 Å². The van der Waals surface area contributed by atoms with E-state index in [1.807, 2.05) is 12.1 Å². The van der Waals surface area contributed by atoms with Crippen molar-refractivity contribution in [3.8, 4) is 32.0 Å². The molecule has 0 saturated heterocycles. The first-order valence-electron chi connectivity index (χ1n) is 13.7. The van der Waals surface area contributed by atoms with Crippen LogP contribution in [0.25, 0.3) is 32.0 Å². The molecule has 41 heavy (non-hydrogen) atoms.